The number of anilines is 2. The second kappa shape index (κ2) is 10.0. The Bertz CT molecular complexity index is 1150. The van der Waals surface area contributed by atoms with Crippen LogP contribution in [-0.2, 0) is 19.4 Å². The van der Waals surface area contributed by atoms with E-state index < -0.39 is 21.5 Å². The molecule has 0 saturated heterocycles. The summed E-state index contributed by atoms with van der Waals surface area (Å²) in [5, 5.41) is 5.66. The van der Waals surface area contributed by atoms with E-state index in [0.29, 0.717) is 28.6 Å². The van der Waals surface area contributed by atoms with Crippen molar-refractivity contribution in [1.29, 1.82) is 0 Å². The number of carbonyl (C=O) groups is 2. The summed E-state index contributed by atoms with van der Waals surface area (Å²) in [6.45, 7) is 1.81. The molecule has 0 radical (unpaired) electrons. The average Bonchev–Trinajstić information content (AvgIpc) is 2.90. The fourth-order valence-electron chi connectivity index (χ4n) is 2.99. The Kier molecular flexibility index (Phi) is 7.58. The number of amides is 2. The molecule has 0 fully saturated rings. The van der Waals surface area contributed by atoms with Crippen LogP contribution >= 0.6 is 23.4 Å². The number of hydrogen-bond acceptors (Lipinski definition) is 7. The molecule has 0 bridgehead atoms. The number of carbonyl (C=O) groups excluding carboxylic acids is 2. The highest BCUT2D eigenvalue weighted by Gasteiger charge is 2.23. The van der Waals surface area contributed by atoms with Crippen molar-refractivity contribution in [3.63, 3.8) is 0 Å². The van der Waals surface area contributed by atoms with Crippen LogP contribution < -0.4 is 20.1 Å². The van der Waals surface area contributed by atoms with Crippen LogP contribution in [0.15, 0.2) is 40.1 Å². The highest BCUT2D eigenvalue weighted by Crippen LogP contribution is 2.36. The molecule has 2 N–H and O–H groups in total. The minimum atomic E-state index is -3.76. The van der Waals surface area contributed by atoms with E-state index in [1.807, 2.05) is 6.92 Å². The number of nitrogens with one attached hydrogen (secondary N) is 2. The lowest BCUT2D eigenvalue weighted by molar-refractivity contribution is -0.118. The van der Waals surface area contributed by atoms with Crippen LogP contribution in [-0.4, -0.2) is 46.0 Å². The molecule has 2 aromatic carbocycles. The monoisotopic (exact) mass is 498 g/mol. The summed E-state index contributed by atoms with van der Waals surface area (Å²) < 4.78 is 36.0. The zero-order valence-corrected chi connectivity index (χ0v) is 20.1. The Morgan fingerprint density at radius 2 is 1.94 bits per heavy atom. The normalized spacial score (nSPS) is 15.9. The summed E-state index contributed by atoms with van der Waals surface area (Å²) >= 11 is 7.59. The number of halogens is 1. The van der Waals surface area contributed by atoms with Gasteiger partial charge in [0.25, 0.3) is 0 Å². The van der Waals surface area contributed by atoms with Gasteiger partial charge < -0.3 is 20.1 Å². The Hall–Kier alpha value is -2.43. The minimum Gasteiger partial charge on any atom is -0.495 e. The number of hydrogen-bond donors (Lipinski definition) is 2. The van der Waals surface area contributed by atoms with Gasteiger partial charge in [-0.3, -0.25) is 9.59 Å². The maximum Gasteiger partial charge on any atom is 0.228 e. The topological polar surface area (TPSA) is 111 Å². The van der Waals surface area contributed by atoms with Gasteiger partial charge in [-0.05, 0) is 24.3 Å². The average molecular weight is 499 g/mol. The van der Waals surface area contributed by atoms with Gasteiger partial charge in [0.15, 0.2) is 9.84 Å². The second-order valence-electron chi connectivity index (χ2n) is 7.16. The first kappa shape index (κ1) is 24.2. The van der Waals surface area contributed by atoms with E-state index in [1.54, 1.807) is 6.07 Å². The van der Waals surface area contributed by atoms with Gasteiger partial charge in [0.1, 0.15) is 11.5 Å². The summed E-state index contributed by atoms with van der Waals surface area (Å²) in [6.07, 6.45) is -0.273. The van der Waals surface area contributed by atoms with Gasteiger partial charge in [-0.1, -0.05) is 18.5 Å². The van der Waals surface area contributed by atoms with E-state index in [9.17, 15) is 18.0 Å². The van der Waals surface area contributed by atoms with Crippen LogP contribution in [0.2, 0.25) is 5.02 Å². The predicted molar refractivity (Wildman–Crippen MR) is 125 cm³/mol. The molecule has 0 spiro atoms. The van der Waals surface area contributed by atoms with Gasteiger partial charge in [-0.25, -0.2) is 8.42 Å². The van der Waals surface area contributed by atoms with E-state index in [-0.39, 0.29) is 28.2 Å². The standard InChI is InChI=1S/C21H23ClN2O6S2/c1-12-11-31-19-5-4-13(8-16(19)24-21(12)26)32(27,28)7-6-20(25)23-15-9-14(22)17(29-2)10-18(15)30-3/h4-5,8-10,12H,6-7,11H2,1-3H3,(H,23,25)(H,24,26)/t12-/m1/s1. The van der Waals surface area contributed by atoms with Crippen LogP contribution in [0.25, 0.3) is 0 Å². The summed E-state index contributed by atoms with van der Waals surface area (Å²) in [6, 6.07) is 7.61. The van der Waals surface area contributed by atoms with E-state index in [4.69, 9.17) is 21.1 Å². The molecule has 1 aliphatic rings. The van der Waals surface area contributed by atoms with E-state index >= 15 is 0 Å². The Morgan fingerprint density at radius 3 is 2.62 bits per heavy atom. The van der Waals surface area contributed by atoms with Crippen molar-refractivity contribution in [1.82, 2.24) is 0 Å². The largest absolute Gasteiger partial charge is 0.495 e. The van der Waals surface area contributed by atoms with Crippen molar-refractivity contribution < 1.29 is 27.5 Å². The number of fused-ring (bicyclic) bond motifs is 1. The number of sulfone groups is 1. The van der Waals surface area contributed by atoms with E-state index in [1.165, 1.54) is 50.2 Å². The van der Waals surface area contributed by atoms with Crippen molar-refractivity contribution in [3.05, 3.63) is 35.4 Å². The Morgan fingerprint density at radius 1 is 1.22 bits per heavy atom. The molecular formula is C21H23ClN2O6S2. The highest BCUT2D eigenvalue weighted by atomic mass is 35.5. The van der Waals surface area contributed by atoms with Crippen molar-refractivity contribution in [3.8, 4) is 11.5 Å². The van der Waals surface area contributed by atoms with Crippen molar-refractivity contribution >= 4 is 56.4 Å². The molecule has 0 aromatic heterocycles. The molecule has 0 unspecified atom stereocenters. The lowest BCUT2D eigenvalue weighted by Crippen LogP contribution is -2.20. The smallest absolute Gasteiger partial charge is 0.228 e. The van der Waals surface area contributed by atoms with Crippen LogP contribution in [0, 0.1) is 5.92 Å². The quantitative estimate of drug-likeness (QED) is 0.596. The number of rotatable bonds is 7. The molecule has 0 aliphatic carbocycles. The first-order valence-electron chi connectivity index (χ1n) is 9.66. The molecule has 8 nitrogen and oxygen atoms in total. The van der Waals surface area contributed by atoms with Crippen molar-refractivity contribution in [2.45, 2.75) is 23.1 Å². The molecule has 32 heavy (non-hydrogen) atoms. The van der Waals surface area contributed by atoms with E-state index in [2.05, 4.69) is 10.6 Å². The maximum atomic E-state index is 12.8. The third-order valence-corrected chi connectivity index (χ3v) is 8.19. The van der Waals surface area contributed by atoms with Gasteiger partial charge in [-0.15, -0.1) is 11.8 Å². The lowest BCUT2D eigenvalue weighted by Gasteiger charge is -2.13. The summed E-state index contributed by atoms with van der Waals surface area (Å²) in [5.74, 6) is 0.0747. The molecule has 0 saturated carbocycles. The van der Waals surface area contributed by atoms with Crippen LogP contribution in [0.5, 0.6) is 11.5 Å². The number of thioether (sulfide) groups is 1. The highest BCUT2D eigenvalue weighted by molar-refractivity contribution is 7.99. The predicted octanol–water partition coefficient (Wildman–Crippen LogP) is 3.84. The fourth-order valence-corrected chi connectivity index (χ4v) is 5.50. The SMILES string of the molecule is COc1cc(OC)c(NC(=O)CCS(=O)(=O)c2ccc3c(c2)NC(=O)[C@H](C)CS3)cc1Cl. The molecule has 2 amide bonds. The number of methoxy groups -OCH3 is 2. The third-order valence-electron chi connectivity index (χ3n) is 4.85. The van der Waals surface area contributed by atoms with Gasteiger partial charge in [0, 0.05) is 29.1 Å². The molecule has 1 heterocycles. The van der Waals surface area contributed by atoms with Gasteiger partial charge >= 0.3 is 0 Å². The van der Waals surface area contributed by atoms with Gasteiger partial charge in [-0.2, -0.15) is 0 Å². The zero-order valence-electron chi connectivity index (χ0n) is 17.7. The fraction of sp³-hybridized carbons (Fsp3) is 0.333. The maximum absolute atomic E-state index is 12.8. The summed E-state index contributed by atoms with van der Waals surface area (Å²) in [5.41, 5.74) is 0.770. The van der Waals surface area contributed by atoms with Gasteiger partial charge in [0.2, 0.25) is 11.8 Å². The number of ether oxygens (including phenoxy) is 2. The molecule has 11 heteroatoms. The van der Waals surface area contributed by atoms with Crippen LogP contribution in [0.3, 0.4) is 0 Å². The van der Waals surface area contributed by atoms with E-state index in [0.717, 1.165) is 4.90 Å². The molecule has 3 rings (SSSR count). The van der Waals surface area contributed by atoms with Crippen molar-refractivity contribution in [2.75, 3.05) is 36.4 Å². The first-order valence-corrected chi connectivity index (χ1v) is 12.7. The molecule has 2 aromatic rings. The lowest BCUT2D eigenvalue weighted by atomic mass is 10.2. The summed E-state index contributed by atoms with van der Waals surface area (Å²) in [7, 11) is -0.872. The molecule has 172 valence electrons. The second-order valence-corrected chi connectivity index (χ2v) is 10.7. The first-order chi connectivity index (χ1) is 15.1. The molecule has 1 atom stereocenters. The molecule has 1 aliphatic heterocycles. The Balaban J connectivity index is 1.71. The van der Waals surface area contributed by atoms with Crippen molar-refractivity contribution in [2.24, 2.45) is 5.92 Å². The van der Waals surface area contributed by atoms with Gasteiger partial charge in [0.05, 0.1) is 41.3 Å². The molecular weight excluding hydrogens is 476 g/mol. The Labute approximate surface area is 195 Å². The van der Waals surface area contributed by atoms with Crippen LogP contribution in [0.1, 0.15) is 13.3 Å². The number of benzene rings is 2. The minimum absolute atomic E-state index is 0.0459. The summed E-state index contributed by atoms with van der Waals surface area (Å²) in [4.78, 5) is 25.4. The van der Waals surface area contributed by atoms with Crippen LogP contribution in [0.4, 0.5) is 11.4 Å². The third kappa shape index (κ3) is 5.48. The zero-order chi connectivity index (χ0) is 23.5.